The number of phenolic OH excluding ortho intramolecular Hbond substituents is 2. The smallest absolute Gasteiger partial charge is 0.308 e. The number of esters is 2. The highest BCUT2D eigenvalue weighted by atomic mass is 32.2. The van der Waals surface area contributed by atoms with Crippen molar-refractivity contribution < 1.29 is 66.4 Å². The number of phenols is 2. The van der Waals surface area contributed by atoms with Crippen molar-refractivity contribution in [3.8, 4) is 17.2 Å². The summed E-state index contributed by atoms with van der Waals surface area (Å²) in [5, 5.41) is 48.8. The first-order valence-corrected chi connectivity index (χ1v) is 39.0. The number of aromatic hydroxyl groups is 2. The number of β-amino-alcohol motifs (C(OH)–C–C–N with tert-alkyl or cyclic N) is 2. The fourth-order valence-corrected chi connectivity index (χ4v) is 17.6. The van der Waals surface area contributed by atoms with E-state index in [4.69, 9.17) is 23.1 Å². The summed E-state index contributed by atoms with van der Waals surface area (Å²) in [6.45, 7) is 19.6. The number of benzene rings is 4. The average molecular weight is 1410 g/mol. The van der Waals surface area contributed by atoms with Crippen molar-refractivity contribution in [3.63, 3.8) is 0 Å². The number of ether oxygens (including phenoxy) is 4. The molecule has 5 aliphatic heterocycles. The molecule has 4 aromatic rings. The first kappa shape index (κ1) is 77.1. The predicted molar refractivity (Wildman–Crippen MR) is 387 cm³/mol. The molecule has 1 amide bonds. The molecule has 4 unspecified atom stereocenters. The Hall–Kier alpha value is -6.11. The molecule has 3 saturated carbocycles. The van der Waals surface area contributed by atoms with Crippen LogP contribution in [0.15, 0.2) is 99.8 Å². The Morgan fingerprint density at radius 1 is 0.646 bits per heavy atom. The molecular formula is C77H110N6O14S2. The fourth-order valence-electron chi connectivity index (χ4n) is 15.9. The Kier molecular flexibility index (Phi) is 28.5. The molecule has 12 rings (SSSR count). The van der Waals surface area contributed by atoms with Crippen molar-refractivity contribution in [1.82, 2.24) is 20.4 Å². The first-order chi connectivity index (χ1) is 47.4. The maximum absolute atomic E-state index is 13.1. The number of thioether (sulfide) groups is 1. The number of nitrogens with zero attached hydrogens (tertiary/aromatic N) is 4. The van der Waals surface area contributed by atoms with Gasteiger partial charge in [-0.3, -0.25) is 28.4 Å². The Morgan fingerprint density at radius 2 is 1.17 bits per heavy atom. The van der Waals surface area contributed by atoms with Crippen LogP contribution in [0.3, 0.4) is 0 Å². The Morgan fingerprint density at radius 3 is 1.77 bits per heavy atom. The van der Waals surface area contributed by atoms with Crippen LogP contribution in [0.2, 0.25) is 0 Å². The highest BCUT2D eigenvalue weighted by Crippen LogP contribution is 2.41. The van der Waals surface area contributed by atoms with E-state index in [0.29, 0.717) is 71.4 Å². The van der Waals surface area contributed by atoms with Gasteiger partial charge in [0.05, 0.1) is 24.5 Å². The van der Waals surface area contributed by atoms with Crippen LogP contribution in [-0.4, -0.2) is 187 Å². The van der Waals surface area contributed by atoms with Crippen LogP contribution in [0.25, 0.3) is 0 Å². The lowest BCUT2D eigenvalue weighted by Crippen LogP contribution is -2.54. The molecule has 0 radical (unpaired) electrons. The van der Waals surface area contributed by atoms with Crippen LogP contribution >= 0.6 is 11.8 Å². The number of aliphatic hydroxyl groups is 2. The number of aliphatic hydroxyl groups excluding tert-OH is 2. The summed E-state index contributed by atoms with van der Waals surface area (Å²) < 4.78 is 49.4. The second-order valence-electron chi connectivity index (χ2n) is 29.1. The van der Waals surface area contributed by atoms with E-state index in [0.717, 1.165) is 76.9 Å². The van der Waals surface area contributed by atoms with Gasteiger partial charge >= 0.3 is 11.9 Å². The van der Waals surface area contributed by atoms with Gasteiger partial charge in [-0.1, -0.05) is 94.2 Å². The van der Waals surface area contributed by atoms with Gasteiger partial charge in [0, 0.05) is 102 Å². The third-order valence-corrected chi connectivity index (χ3v) is 23.4. The Labute approximate surface area is 592 Å². The SMILES string of the molecule is CC(=O)OCC(OS(C)(=O)=O)[C@@H]1COC(c2cccc(OC(C)=O)c2C)=N1.C[C@@H]1C[C@@H]2CCCC[C@@H]2CN1.Cc1c(O)cccc1C(=O)N[C@@H](CSc1ccccc1)C(O)CN1CC2CCCCC2C[C@H]1C.Cc1c(O)cccc1C1=N[C@H]([C@H](O)CN2C[C@H]3CCCC[C@H]3C[C@H]2C)CO1. The van der Waals surface area contributed by atoms with Crippen molar-refractivity contribution >= 4 is 51.5 Å². The van der Waals surface area contributed by atoms with Crippen LogP contribution in [0, 0.1) is 56.3 Å². The molecule has 3 aliphatic carbocycles. The van der Waals surface area contributed by atoms with Gasteiger partial charge < -0.3 is 50.0 Å². The van der Waals surface area contributed by atoms with Gasteiger partial charge in [-0.05, 0) is 171 Å². The van der Waals surface area contributed by atoms with Gasteiger partial charge in [-0.15, -0.1) is 11.8 Å². The summed E-state index contributed by atoms with van der Waals surface area (Å²) >= 11 is 1.64. The molecule has 8 aliphatic rings. The normalized spacial score (nSPS) is 27.2. The van der Waals surface area contributed by atoms with Crippen LogP contribution in [-0.2, 0) is 38.1 Å². The van der Waals surface area contributed by atoms with Gasteiger partial charge in [0.2, 0.25) is 11.8 Å². The predicted octanol–water partition coefficient (Wildman–Crippen LogP) is 11.1. The quantitative estimate of drug-likeness (QED) is 0.0220. The molecule has 4 aromatic carbocycles. The largest absolute Gasteiger partial charge is 0.508 e. The fraction of sp³-hybridized carbons (Fsp3) is 0.623. The molecule has 0 spiro atoms. The van der Waals surface area contributed by atoms with Crippen LogP contribution in [0.1, 0.15) is 169 Å². The number of hydrogen-bond donors (Lipinski definition) is 6. The van der Waals surface area contributed by atoms with E-state index in [9.17, 15) is 43.2 Å². The lowest BCUT2D eigenvalue weighted by molar-refractivity contribution is -0.143. The number of carbonyl (C=O) groups excluding carboxylic acids is 3. The summed E-state index contributed by atoms with van der Waals surface area (Å²) in [5.74, 6) is 6.16. The van der Waals surface area contributed by atoms with Gasteiger partial charge in [-0.25, -0.2) is 9.98 Å². The summed E-state index contributed by atoms with van der Waals surface area (Å²) in [6, 6.07) is 25.9. The maximum atomic E-state index is 13.1. The number of fused-ring (bicyclic) bond motifs is 3. The van der Waals surface area contributed by atoms with E-state index in [1.807, 2.05) is 43.3 Å². The van der Waals surface area contributed by atoms with Gasteiger partial charge in [0.1, 0.15) is 55.3 Å². The Balaban J connectivity index is 0.000000162. The molecule has 6 fully saturated rings. The van der Waals surface area contributed by atoms with Crippen LogP contribution < -0.4 is 15.4 Å². The van der Waals surface area contributed by atoms with E-state index < -0.39 is 52.5 Å². The number of nitrogens with one attached hydrogen (secondary N) is 2. The molecule has 544 valence electrons. The molecule has 99 heavy (non-hydrogen) atoms. The van der Waals surface area contributed by atoms with E-state index >= 15 is 0 Å². The number of carbonyl (C=O) groups is 3. The van der Waals surface area contributed by atoms with E-state index in [1.165, 1.54) is 117 Å². The molecule has 22 heteroatoms. The summed E-state index contributed by atoms with van der Waals surface area (Å²) in [4.78, 5) is 50.4. The Bertz CT molecular complexity index is 3490. The van der Waals surface area contributed by atoms with Crippen molar-refractivity contribution in [1.29, 1.82) is 0 Å². The minimum absolute atomic E-state index is 0.0496. The number of aliphatic imine (C=N–C) groups is 2. The highest BCUT2D eigenvalue weighted by molar-refractivity contribution is 7.99. The lowest BCUT2D eigenvalue weighted by atomic mass is 9.73. The average Bonchev–Trinajstić information content (AvgIpc) is 1.81. The van der Waals surface area contributed by atoms with E-state index in [2.05, 4.69) is 51.2 Å². The van der Waals surface area contributed by atoms with Gasteiger partial charge in [0.15, 0.2) is 0 Å². The van der Waals surface area contributed by atoms with Crippen LogP contribution in [0.4, 0.5) is 0 Å². The molecular weight excluding hydrogens is 1300 g/mol. The van der Waals surface area contributed by atoms with E-state index in [-0.39, 0.29) is 42.6 Å². The molecule has 5 heterocycles. The summed E-state index contributed by atoms with van der Waals surface area (Å²) in [7, 11) is -3.79. The second kappa shape index (κ2) is 36.7. The molecule has 20 nitrogen and oxygen atoms in total. The molecule has 0 bridgehead atoms. The topological polar surface area (TPSA) is 268 Å². The number of amides is 1. The zero-order chi connectivity index (χ0) is 70.9. The third-order valence-electron chi connectivity index (χ3n) is 21.7. The zero-order valence-electron chi connectivity index (χ0n) is 59.7. The summed E-state index contributed by atoms with van der Waals surface area (Å²) in [5.41, 5.74) is 3.81. The summed E-state index contributed by atoms with van der Waals surface area (Å²) in [6.07, 6.45) is 19.4. The maximum Gasteiger partial charge on any atom is 0.308 e. The molecule has 3 saturated heterocycles. The van der Waals surface area contributed by atoms with Crippen molar-refractivity contribution in [2.75, 3.05) is 64.6 Å². The number of likely N-dealkylation sites (tertiary alicyclic amines) is 2. The highest BCUT2D eigenvalue weighted by Gasteiger charge is 2.40. The minimum atomic E-state index is -3.79. The number of rotatable bonds is 19. The standard InChI is InChI=1S/C28H38N2O3S.C22H32N2O3.C17H21NO8S.C10H19N/c1-19-15-21-9-6-7-10-22(21)16-30(19)17-27(32)25(18-34-23-11-4-3-5-12-23)29-28(33)24-13-8-14-26(31)20(24)2;1-14-10-16-6-3-4-7-17(16)11-24(14)12-21(26)19-13-27-22(23-19)18-8-5-9-20(25)15(18)2;1-10-13(6-5-7-15(10)25-12(3)20)17-18-14(8-24-17)16(9-23-11(2)19)26-27(4,21)22;1-8-6-9-4-2-3-5-10(9)7-11-8/h3-5,8,11-14,19,21-22,25,27,31-32H,6-7,9-10,15-18H2,1-2H3,(H,29,33);5,8-9,14,16-17,19,21,25-26H,3-4,6-7,10-13H2,1-2H3;5-7,14,16H,8-9H2,1-4H3;8-11H,2-7H2,1H3/t19-,21?,22?,25+,27?;14-,16+,17-,19+,21-;14-,16?;8-,9+,10-/m1101/s1. The number of hydrogen-bond acceptors (Lipinski definition) is 20. The number of piperidine rings is 3. The molecule has 6 N–H and O–H groups in total. The second-order valence-corrected chi connectivity index (χ2v) is 31.8. The molecule has 15 atom stereocenters. The zero-order valence-corrected chi connectivity index (χ0v) is 61.3. The van der Waals surface area contributed by atoms with Gasteiger partial charge in [-0.2, -0.15) is 8.42 Å². The monoisotopic (exact) mass is 1410 g/mol. The van der Waals surface area contributed by atoms with E-state index in [1.54, 1.807) is 74.1 Å². The van der Waals surface area contributed by atoms with Gasteiger partial charge in [0.25, 0.3) is 16.0 Å². The third kappa shape index (κ3) is 22.2. The minimum Gasteiger partial charge on any atom is -0.508 e. The van der Waals surface area contributed by atoms with Crippen molar-refractivity contribution in [2.45, 2.75) is 211 Å². The van der Waals surface area contributed by atoms with Crippen molar-refractivity contribution in [3.05, 3.63) is 118 Å². The van der Waals surface area contributed by atoms with Crippen molar-refractivity contribution in [2.24, 2.45) is 45.5 Å². The lowest BCUT2D eigenvalue weighted by Gasteiger charge is -2.46. The first-order valence-electron chi connectivity index (χ1n) is 36.2. The molecule has 0 aromatic heterocycles. The van der Waals surface area contributed by atoms with Crippen LogP contribution in [0.5, 0.6) is 17.2 Å².